The van der Waals surface area contributed by atoms with Crippen molar-refractivity contribution in [2.75, 3.05) is 39.6 Å². The Hall–Kier alpha value is -0.0662. The van der Waals surface area contributed by atoms with Crippen LogP contribution >= 0.6 is 0 Å². The first-order valence-electron chi connectivity index (χ1n) is 9.06. The van der Waals surface area contributed by atoms with E-state index in [9.17, 15) is 0 Å². The number of rotatable bonds is 16. The zero-order valence-electron chi connectivity index (χ0n) is 16.3. The van der Waals surface area contributed by atoms with Crippen molar-refractivity contribution in [3.8, 4) is 0 Å². The Morgan fingerprint density at radius 3 is 0.833 bits per heavy atom. The average molecular weight is 381 g/mol. The van der Waals surface area contributed by atoms with E-state index in [-0.39, 0.29) is 0 Å². The molecule has 0 aliphatic heterocycles. The molecule has 0 saturated carbocycles. The fourth-order valence-corrected chi connectivity index (χ4v) is 7.14. The van der Waals surface area contributed by atoms with Gasteiger partial charge in [-0.1, -0.05) is 12.2 Å². The van der Waals surface area contributed by atoms with E-state index in [1.54, 1.807) is 0 Å². The molecule has 0 aromatic heterocycles. The van der Waals surface area contributed by atoms with Crippen molar-refractivity contribution in [1.29, 1.82) is 0 Å². The van der Waals surface area contributed by atoms with Crippen molar-refractivity contribution < 1.29 is 26.6 Å². The van der Waals surface area contributed by atoms with E-state index in [4.69, 9.17) is 26.6 Å². The lowest BCUT2D eigenvalue weighted by molar-refractivity contribution is 0.0725. The summed E-state index contributed by atoms with van der Waals surface area (Å²) >= 11 is 0. The lowest BCUT2D eigenvalue weighted by Crippen LogP contribution is -2.46. The minimum Gasteiger partial charge on any atom is -0.374 e. The number of allylic oxidation sites excluding steroid dienone is 2. The van der Waals surface area contributed by atoms with Gasteiger partial charge in [-0.2, -0.15) is 0 Å². The summed E-state index contributed by atoms with van der Waals surface area (Å²) in [6.07, 6.45) is 4.10. The maximum absolute atomic E-state index is 5.85. The Morgan fingerprint density at radius 2 is 0.667 bits per heavy atom. The molecule has 0 spiro atoms. The molecular weight excluding hydrogens is 344 g/mol. The van der Waals surface area contributed by atoms with Gasteiger partial charge >= 0.3 is 17.6 Å². The van der Waals surface area contributed by atoms with Gasteiger partial charge in [-0.3, -0.25) is 0 Å². The maximum atomic E-state index is 5.85. The molecule has 0 heterocycles. The van der Waals surface area contributed by atoms with Gasteiger partial charge < -0.3 is 26.6 Å². The second-order valence-electron chi connectivity index (χ2n) is 4.84. The normalized spacial score (nSPS) is 13.1. The Balaban J connectivity index is 4.91. The summed E-state index contributed by atoms with van der Waals surface area (Å²) in [5.74, 6) is 0. The molecule has 6 nitrogen and oxygen atoms in total. The van der Waals surface area contributed by atoms with Crippen LogP contribution in [-0.4, -0.2) is 57.3 Å². The molecule has 0 amide bonds. The van der Waals surface area contributed by atoms with Crippen LogP contribution in [0.1, 0.15) is 41.5 Å². The summed E-state index contributed by atoms with van der Waals surface area (Å²) in [7, 11) is -5.28. The van der Waals surface area contributed by atoms with Gasteiger partial charge in [0.1, 0.15) is 0 Å². The molecule has 0 atom stereocenters. The highest BCUT2D eigenvalue weighted by Crippen LogP contribution is 2.20. The van der Waals surface area contributed by atoms with Crippen LogP contribution in [0.4, 0.5) is 0 Å². The van der Waals surface area contributed by atoms with E-state index in [0.717, 1.165) is 0 Å². The van der Waals surface area contributed by atoms with Crippen molar-refractivity contribution in [3.05, 3.63) is 12.2 Å². The van der Waals surface area contributed by atoms with E-state index in [1.165, 1.54) is 0 Å². The van der Waals surface area contributed by atoms with Crippen molar-refractivity contribution >= 4 is 17.6 Å². The molecule has 8 heteroatoms. The molecule has 0 fully saturated rings. The van der Waals surface area contributed by atoms with Crippen LogP contribution in [0.3, 0.4) is 0 Å². The summed E-state index contributed by atoms with van der Waals surface area (Å²) in [4.78, 5) is 0. The van der Waals surface area contributed by atoms with Crippen molar-refractivity contribution in [2.45, 2.75) is 53.6 Å². The minimum atomic E-state index is -2.64. The second kappa shape index (κ2) is 14.1. The molecule has 0 aliphatic rings. The smallest absolute Gasteiger partial charge is 0.374 e. The topological polar surface area (TPSA) is 55.4 Å². The number of hydrogen-bond acceptors (Lipinski definition) is 6. The van der Waals surface area contributed by atoms with E-state index in [1.807, 2.05) is 53.7 Å². The van der Waals surface area contributed by atoms with Crippen LogP contribution in [0.25, 0.3) is 0 Å². The SMILES string of the molecule is CCO[Si](CC=CC[Si](OCC)(OCC)OCC)(OCC)OCC. The van der Waals surface area contributed by atoms with Gasteiger partial charge in [0.2, 0.25) is 0 Å². The van der Waals surface area contributed by atoms with Crippen LogP contribution in [0, 0.1) is 0 Å². The molecular formula is C16H36O6Si2. The Bertz CT molecular complexity index is 264. The lowest BCUT2D eigenvalue weighted by atomic mass is 10.6. The fraction of sp³-hybridized carbons (Fsp3) is 0.875. The summed E-state index contributed by atoms with van der Waals surface area (Å²) in [6.45, 7) is 15.2. The van der Waals surface area contributed by atoms with Gasteiger partial charge in [0, 0.05) is 51.7 Å². The van der Waals surface area contributed by atoms with Gasteiger partial charge in [0.25, 0.3) is 0 Å². The van der Waals surface area contributed by atoms with Crippen LogP contribution in [0.15, 0.2) is 12.2 Å². The Morgan fingerprint density at radius 1 is 0.458 bits per heavy atom. The standard InChI is InChI=1S/C16H36O6Si2/c1-7-17-23(18-8-2,19-9-3)15-13-14-16-24(20-10-4,21-11-5)22-12-6/h13-14H,7-12,15-16H2,1-6H3. The molecule has 24 heavy (non-hydrogen) atoms. The van der Waals surface area contributed by atoms with E-state index in [2.05, 4.69) is 0 Å². The van der Waals surface area contributed by atoms with Crippen molar-refractivity contribution in [3.63, 3.8) is 0 Å². The highest BCUT2D eigenvalue weighted by Gasteiger charge is 2.41. The summed E-state index contributed by atoms with van der Waals surface area (Å²) in [6, 6.07) is 1.27. The summed E-state index contributed by atoms with van der Waals surface area (Å²) in [5.41, 5.74) is 0. The Kier molecular flexibility index (Phi) is 14.1. The van der Waals surface area contributed by atoms with Gasteiger partial charge in [-0.05, 0) is 41.5 Å². The predicted molar refractivity (Wildman–Crippen MR) is 100 cm³/mol. The van der Waals surface area contributed by atoms with Gasteiger partial charge in [0.15, 0.2) is 0 Å². The molecule has 0 aromatic rings. The first-order chi connectivity index (χ1) is 11.6. The first-order valence-corrected chi connectivity index (χ1v) is 12.9. The van der Waals surface area contributed by atoms with E-state index >= 15 is 0 Å². The van der Waals surface area contributed by atoms with Gasteiger partial charge in [0.05, 0.1) is 0 Å². The molecule has 0 radical (unpaired) electrons. The average Bonchev–Trinajstić information content (AvgIpc) is 2.53. The monoisotopic (exact) mass is 380 g/mol. The maximum Gasteiger partial charge on any atom is 0.504 e. The van der Waals surface area contributed by atoms with Crippen LogP contribution < -0.4 is 0 Å². The van der Waals surface area contributed by atoms with Crippen molar-refractivity contribution in [1.82, 2.24) is 0 Å². The minimum absolute atomic E-state index is 0.579. The van der Waals surface area contributed by atoms with Crippen LogP contribution in [-0.2, 0) is 26.6 Å². The van der Waals surface area contributed by atoms with E-state index in [0.29, 0.717) is 51.7 Å². The Labute approximate surface area is 150 Å². The molecule has 0 unspecified atom stereocenters. The quantitative estimate of drug-likeness (QED) is 0.301. The fourth-order valence-electron chi connectivity index (χ4n) is 2.38. The molecule has 0 aromatic carbocycles. The second-order valence-corrected chi connectivity index (χ2v) is 10.1. The largest absolute Gasteiger partial charge is 0.504 e. The van der Waals surface area contributed by atoms with Gasteiger partial charge in [-0.25, -0.2) is 0 Å². The third kappa shape index (κ3) is 8.86. The third-order valence-electron chi connectivity index (χ3n) is 3.09. The number of hydrogen-bond donors (Lipinski definition) is 0. The first kappa shape index (κ1) is 23.9. The van der Waals surface area contributed by atoms with Gasteiger partial charge in [-0.15, -0.1) is 0 Å². The lowest BCUT2D eigenvalue weighted by Gasteiger charge is -2.28. The highest BCUT2D eigenvalue weighted by atomic mass is 28.4. The van der Waals surface area contributed by atoms with E-state index < -0.39 is 17.6 Å². The molecule has 0 aliphatic carbocycles. The molecule has 0 N–H and O–H groups in total. The van der Waals surface area contributed by atoms with Crippen LogP contribution in [0.2, 0.25) is 12.1 Å². The molecule has 0 saturated heterocycles. The van der Waals surface area contributed by atoms with Crippen molar-refractivity contribution in [2.24, 2.45) is 0 Å². The molecule has 0 bridgehead atoms. The molecule has 0 rings (SSSR count). The van der Waals surface area contributed by atoms with Crippen LogP contribution in [0.5, 0.6) is 0 Å². The zero-order chi connectivity index (χ0) is 18.3. The zero-order valence-corrected chi connectivity index (χ0v) is 18.3. The third-order valence-corrected chi connectivity index (χ3v) is 8.93. The predicted octanol–water partition coefficient (Wildman–Crippen LogP) is 3.64. The highest BCUT2D eigenvalue weighted by molar-refractivity contribution is 6.62. The summed E-state index contributed by atoms with van der Waals surface area (Å²) < 4.78 is 35.1. The summed E-state index contributed by atoms with van der Waals surface area (Å²) in [5, 5.41) is 0. The molecule has 144 valence electrons.